The molecule has 0 aromatic carbocycles. The maximum atomic E-state index is 11.8. The molecular formula is C5H3F3N2O. The van der Waals surface area contributed by atoms with Crippen LogP contribution in [0.1, 0.15) is 5.56 Å². The molecule has 1 N–H and O–H groups in total. The molecule has 0 aliphatic heterocycles. The molecule has 0 atom stereocenters. The molecule has 0 saturated heterocycles. The van der Waals surface area contributed by atoms with Gasteiger partial charge >= 0.3 is 6.18 Å². The highest BCUT2D eigenvalue weighted by Gasteiger charge is 2.33. The molecule has 1 aromatic heterocycles. The van der Waals surface area contributed by atoms with E-state index in [-0.39, 0.29) is 0 Å². The topological polar surface area (TPSA) is 45.8 Å². The van der Waals surface area contributed by atoms with Gasteiger partial charge in [0.2, 0.25) is 0 Å². The predicted octanol–water partition coefficient (Wildman–Crippen LogP) is 0.789. The summed E-state index contributed by atoms with van der Waals surface area (Å²) in [5.41, 5.74) is -2.45. The van der Waals surface area contributed by atoms with Gasteiger partial charge < -0.3 is 0 Å². The van der Waals surface area contributed by atoms with Crippen molar-refractivity contribution in [3.63, 3.8) is 0 Å². The number of rotatable bonds is 0. The number of hydrogen-bond donors (Lipinski definition) is 1. The quantitative estimate of drug-likeness (QED) is 0.616. The van der Waals surface area contributed by atoms with E-state index in [9.17, 15) is 18.0 Å². The Morgan fingerprint density at radius 1 is 1.45 bits per heavy atom. The second kappa shape index (κ2) is 2.37. The molecule has 0 saturated carbocycles. The lowest BCUT2D eigenvalue weighted by atomic mass is 10.3. The number of H-pyrrole nitrogens is 1. The number of aromatic nitrogens is 2. The molecule has 0 unspecified atom stereocenters. The van der Waals surface area contributed by atoms with Crippen LogP contribution in [0.2, 0.25) is 0 Å². The maximum absolute atomic E-state index is 11.8. The summed E-state index contributed by atoms with van der Waals surface area (Å²) in [6.45, 7) is 0. The van der Waals surface area contributed by atoms with Crippen LogP contribution < -0.4 is 5.56 Å². The Morgan fingerprint density at radius 3 is 2.45 bits per heavy atom. The number of hydrogen-bond acceptors (Lipinski definition) is 2. The fraction of sp³-hybridized carbons (Fsp3) is 0.200. The van der Waals surface area contributed by atoms with E-state index in [0.717, 1.165) is 6.20 Å². The van der Waals surface area contributed by atoms with Gasteiger partial charge in [0.25, 0.3) is 5.56 Å². The molecule has 1 rings (SSSR count). The third-order valence-corrected chi connectivity index (χ3v) is 1.03. The lowest BCUT2D eigenvalue weighted by Gasteiger charge is -2.02. The van der Waals surface area contributed by atoms with Gasteiger partial charge in [0.15, 0.2) is 0 Å². The smallest absolute Gasteiger partial charge is 0.267 e. The molecule has 6 heteroatoms. The molecule has 0 radical (unpaired) electrons. The molecule has 1 heterocycles. The van der Waals surface area contributed by atoms with Gasteiger partial charge in [0.1, 0.15) is 5.56 Å². The molecule has 60 valence electrons. The molecular weight excluding hydrogens is 161 g/mol. The monoisotopic (exact) mass is 164 g/mol. The standard InChI is InChI=1S/C5H3F3N2O/c6-5(7,8)3-1-2-9-10-4(3)11/h1-2H,(H,10,11). The van der Waals surface area contributed by atoms with E-state index in [1.807, 2.05) is 0 Å². The van der Waals surface area contributed by atoms with Gasteiger partial charge in [-0.1, -0.05) is 0 Å². The second-order valence-corrected chi connectivity index (χ2v) is 1.80. The van der Waals surface area contributed by atoms with Crippen molar-refractivity contribution in [2.75, 3.05) is 0 Å². The first-order chi connectivity index (χ1) is 5.02. The highest BCUT2D eigenvalue weighted by molar-refractivity contribution is 5.09. The van der Waals surface area contributed by atoms with Crippen LogP contribution in [-0.4, -0.2) is 10.2 Å². The Balaban J connectivity index is 3.26. The fourth-order valence-corrected chi connectivity index (χ4v) is 0.567. The first kappa shape index (κ1) is 7.77. The van der Waals surface area contributed by atoms with Gasteiger partial charge in [-0.2, -0.15) is 18.3 Å². The highest BCUT2D eigenvalue weighted by Crippen LogP contribution is 2.25. The van der Waals surface area contributed by atoms with Crippen LogP contribution in [0.15, 0.2) is 17.1 Å². The Morgan fingerprint density at radius 2 is 2.09 bits per heavy atom. The first-order valence-corrected chi connectivity index (χ1v) is 2.62. The van der Waals surface area contributed by atoms with Crippen molar-refractivity contribution in [1.82, 2.24) is 10.2 Å². The van der Waals surface area contributed by atoms with Crippen molar-refractivity contribution in [2.24, 2.45) is 0 Å². The van der Waals surface area contributed by atoms with E-state index < -0.39 is 17.3 Å². The van der Waals surface area contributed by atoms with E-state index in [2.05, 4.69) is 5.10 Å². The fourth-order valence-electron chi connectivity index (χ4n) is 0.567. The van der Waals surface area contributed by atoms with Crippen LogP contribution in [0.4, 0.5) is 13.2 Å². The minimum atomic E-state index is -4.60. The Bertz CT molecular complexity index is 303. The minimum absolute atomic E-state index is 0.624. The lowest BCUT2D eigenvalue weighted by molar-refractivity contribution is -0.138. The van der Waals surface area contributed by atoms with Gasteiger partial charge in [0.05, 0.1) is 0 Å². The normalized spacial score (nSPS) is 11.5. The van der Waals surface area contributed by atoms with Gasteiger partial charge in [0, 0.05) is 6.20 Å². The summed E-state index contributed by atoms with van der Waals surface area (Å²) in [4.78, 5) is 10.4. The molecule has 3 nitrogen and oxygen atoms in total. The number of alkyl halides is 3. The van der Waals surface area contributed by atoms with E-state index in [1.54, 1.807) is 5.10 Å². The Labute approximate surface area is 58.9 Å². The van der Waals surface area contributed by atoms with Crippen molar-refractivity contribution >= 4 is 0 Å². The van der Waals surface area contributed by atoms with Crippen molar-refractivity contribution in [2.45, 2.75) is 6.18 Å². The van der Waals surface area contributed by atoms with Gasteiger partial charge in [-0.15, -0.1) is 0 Å². The Hall–Kier alpha value is -1.33. The van der Waals surface area contributed by atoms with Crippen LogP contribution in [0.3, 0.4) is 0 Å². The van der Waals surface area contributed by atoms with E-state index in [1.165, 1.54) is 0 Å². The number of nitrogens with zero attached hydrogens (tertiary/aromatic N) is 1. The third-order valence-electron chi connectivity index (χ3n) is 1.03. The number of aromatic amines is 1. The summed E-state index contributed by atoms with van der Waals surface area (Å²) in [6, 6.07) is 0.624. The van der Waals surface area contributed by atoms with Crippen molar-refractivity contribution in [3.8, 4) is 0 Å². The van der Waals surface area contributed by atoms with E-state index >= 15 is 0 Å². The summed E-state index contributed by atoms with van der Waals surface area (Å²) in [5.74, 6) is 0. The minimum Gasteiger partial charge on any atom is -0.267 e. The molecule has 0 bridgehead atoms. The van der Waals surface area contributed by atoms with E-state index in [4.69, 9.17) is 0 Å². The molecule has 0 amide bonds. The van der Waals surface area contributed by atoms with E-state index in [0.29, 0.717) is 6.07 Å². The highest BCUT2D eigenvalue weighted by atomic mass is 19.4. The lowest BCUT2D eigenvalue weighted by Crippen LogP contribution is -2.21. The first-order valence-electron chi connectivity index (χ1n) is 2.62. The molecule has 0 spiro atoms. The van der Waals surface area contributed by atoms with Crippen LogP contribution in [0.5, 0.6) is 0 Å². The molecule has 11 heavy (non-hydrogen) atoms. The number of nitrogens with one attached hydrogen (secondary N) is 1. The molecule has 0 aliphatic carbocycles. The summed E-state index contributed by atoms with van der Waals surface area (Å²) in [5, 5.41) is 4.80. The third kappa shape index (κ3) is 1.57. The predicted molar refractivity (Wildman–Crippen MR) is 29.9 cm³/mol. The average molecular weight is 164 g/mol. The SMILES string of the molecule is O=c1[nH]nccc1C(F)(F)F. The molecule has 0 fully saturated rings. The zero-order valence-electron chi connectivity index (χ0n) is 5.14. The average Bonchev–Trinajstić information content (AvgIpc) is 1.86. The summed E-state index contributed by atoms with van der Waals surface area (Å²) < 4.78 is 35.4. The van der Waals surface area contributed by atoms with Crippen molar-refractivity contribution in [3.05, 3.63) is 28.2 Å². The number of halogens is 3. The maximum Gasteiger partial charge on any atom is 0.421 e. The van der Waals surface area contributed by atoms with Gasteiger partial charge in [-0.25, -0.2) is 5.10 Å². The van der Waals surface area contributed by atoms with Crippen molar-refractivity contribution < 1.29 is 13.2 Å². The summed E-state index contributed by atoms with van der Waals surface area (Å²) in [7, 11) is 0. The largest absolute Gasteiger partial charge is 0.421 e. The summed E-state index contributed by atoms with van der Waals surface area (Å²) in [6.07, 6.45) is -3.72. The van der Waals surface area contributed by atoms with Crippen LogP contribution in [0.25, 0.3) is 0 Å². The second-order valence-electron chi connectivity index (χ2n) is 1.80. The van der Waals surface area contributed by atoms with Gasteiger partial charge in [-0.05, 0) is 6.07 Å². The molecule has 0 aliphatic rings. The van der Waals surface area contributed by atoms with Crippen LogP contribution in [0, 0.1) is 0 Å². The van der Waals surface area contributed by atoms with Crippen LogP contribution >= 0.6 is 0 Å². The Kier molecular flexibility index (Phi) is 1.67. The van der Waals surface area contributed by atoms with Crippen LogP contribution in [-0.2, 0) is 6.18 Å². The summed E-state index contributed by atoms with van der Waals surface area (Å²) >= 11 is 0. The zero-order valence-corrected chi connectivity index (χ0v) is 5.14. The molecule has 1 aromatic rings. The van der Waals surface area contributed by atoms with Crippen molar-refractivity contribution in [1.29, 1.82) is 0 Å². The zero-order chi connectivity index (χ0) is 8.48. The van der Waals surface area contributed by atoms with Gasteiger partial charge in [-0.3, -0.25) is 4.79 Å².